The summed E-state index contributed by atoms with van der Waals surface area (Å²) in [6.07, 6.45) is 6.15. The van der Waals surface area contributed by atoms with Gasteiger partial charge in [0.05, 0.1) is 11.5 Å². The van der Waals surface area contributed by atoms with Gasteiger partial charge in [-0.3, -0.25) is 9.69 Å². The zero-order valence-corrected chi connectivity index (χ0v) is 16.6. The number of unbranched alkanes of at least 4 members (excludes halogenated alkanes) is 1. The second-order valence-electron chi connectivity index (χ2n) is 7.05. The second-order valence-corrected chi connectivity index (χ2v) is 12.1. The summed E-state index contributed by atoms with van der Waals surface area (Å²) >= 11 is 0. The van der Waals surface area contributed by atoms with Gasteiger partial charge in [0.1, 0.15) is 0 Å². The van der Waals surface area contributed by atoms with E-state index in [1.807, 2.05) is 26.5 Å². The van der Waals surface area contributed by atoms with Gasteiger partial charge in [0, 0.05) is 49.6 Å². The molecule has 0 aliphatic carbocycles. The average Bonchev–Trinajstić information content (AvgIpc) is 3.21. The van der Waals surface area contributed by atoms with E-state index in [1.165, 1.54) is 18.6 Å². The molecule has 3 fully saturated rings. The zero-order valence-electron chi connectivity index (χ0n) is 14.2. The van der Waals surface area contributed by atoms with Gasteiger partial charge >= 0.3 is 0 Å². The van der Waals surface area contributed by atoms with E-state index in [9.17, 15) is 13.2 Å². The van der Waals surface area contributed by atoms with E-state index in [4.69, 9.17) is 0 Å². The van der Waals surface area contributed by atoms with Crippen LogP contribution in [0.15, 0.2) is 0 Å². The van der Waals surface area contributed by atoms with Crippen molar-refractivity contribution in [2.24, 2.45) is 0 Å². The lowest BCUT2D eigenvalue weighted by Gasteiger charge is -2.37. The fourth-order valence-corrected chi connectivity index (χ4v) is 8.56. The molecule has 24 heavy (non-hydrogen) atoms. The maximum Gasteiger partial charge on any atom is 0.222 e. The molecule has 138 valence electrons. The predicted molar refractivity (Wildman–Crippen MR) is 102 cm³/mol. The Morgan fingerprint density at radius 3 is 2.50 bits per heavy atom. The number of rotatable bonds is 6. The first kappa shape index (κ1) is 18.9. The van der Waals surface area contributed by atoms with E-state index in [0.29, 0.717) is 17.9 Å². The highest BCUT2D eigenvalue weighted by Gasteiger charge is 2.34. The standard InChI is InChI=1S/C16H28N2O3S3/c19-16(4-2-1-3-15-5-11-22-23-15)18-9-7-17(8-10-18)14-6-12-24(20,21)13-14/h14-15H,1-13H2/t14-,15-/m0/s1. The molecule has 3 heterocycles. The average molecular weight is 393 g/mol. The quantitative estimate of drug-likeness (QED) is 0.509. The van der Waals surface area contributed by atoms with Crippen molar-refractivity contribution in [3.05, 3.63) is 0 Å². The van der Waals surface area contributed by atoms with Crippen molar-refractivity contribution in [2.75, 3.05) is 43.4 Å². The molecule has 0 unspecified atom stereocenters. The van der Waals surface area contributed by atoms with Crippen molar-refractivity contribution >= 4 is 37.3 Å². The predicted octanol–water partition coefficient (Wildman–Crippen LogP) is 2.03. The van der Waals surface area contributed by atoms with Crippen LogP contribution in [0.25, 0.3) is 0 Å². The minimum Gasteiger partial charge on any atom is -0.340 e. The van der Waals surface area contributed by atoms with Crippen LogP contribution >= 0.6 is 21.6 Å². The van der Waals surface area contributed by atoms with Crippen LogP contribution in [0.5, 0.6) is 0 Å². The first-order valence-electron chi connectivity index (χ1n) is 9.04. The Balaban J connectivity index is 1.31. The van der Waals surface area contributed by atoms with Crippen LogP contribution < -0.4 is 0 Å². The Morgan fingerprint density at radius 1 is 1.08 bits per heavy atom. The monoisotopic (exact) mass is 392 g/mol. The number of hydrogen-bond donors (Lipinski definition) is 0. The molecule has 0 aromatic rings. The Kier molecular flexibility index (Phi) is 6.79. The number of nitrogens with zero attached hydrogens (tertiary/aromatic N) is 2. The second kappa shape index (κ2) is 8.64. The topological polar surface area (TPSA) is 57.7 Å². The van der Waals surface area contributed by atoms with E-state index in [1.54, 1.807) is 0 Å². The smallest absolute Gasteiger partial charge is 0.222 e. The third-order valence-corrected chi connectivity index (χ3v) is 10.0. The summed E-state index contributed by atoms with van der Waals surface area (Å²) < 4.78 is 23.2. The molecule has 2 atom stereocenters. The molecule has 1 amide bonds. The summed E-state index contributed by atoms with van der Waals surface area (Å²) in [5.74, 6) is 2.19. The molecule has 3 rings (SSSR count). The van der Waals surface area contributed by atoms with Gasteiger partial charge in [-0.05, 0) is 25.7 Å². The highest BCUT2D eigenvalue weighted by atomic mass is 33.1. The minimum atomic E-state index is -2.82. The number of sulfone groups is 1. The van der Waals surface area contributed by atoms with E-state index in [0.717, 1.165) is 50.7 Å². The van der Waals surface area contributed by atoms with E-state index < -0.39 is 9.84 Å². The molecule has 0 aromatic carbocycles. The summed E-state index contributed by atoms with van der Waals surface area (Å²) in [6.45, 7) is 3.15. The van der Waals surface area contributed by atoms with Crippen LogP contribution in [0.4, 0.5) is 0 Å². The molecule has 8 heteroatoms. The first-order valence-corrected chi connectivity index (χ1v) is 13.2. The van der Waals surface area contributed by atoms with Gasteiger partial charge in [0.15, 0.2) is 9.84 Å². The van der Waals surface area contributed by atoms with Crippen LogP contribution in [0.2, 0.25) is 0 Å². The molecular formula is C16H28N2O3S3. The van der Waals surface area contributed by atoms with Crippen LogP contribution in [-0.4, -0.2) is 78.9 Å². The number of carbonyl (C=O) groups is 1. The Morgan fingerprint density at radius 2 is 1.88 bits per heavy atom. The van der Waals surface area contributed by atoms with Gasteiger partial charge in [-0.2, -0.15) is 0 Å². The van der Waals surface area contributed by atoms with E-state index in [-0.39, 0.29) is 11.9 Å². The van der Waals surface area contributed by atoms with Gasteiger partial charge in [-0.1, -0.05) is 28.0 Å². The summed E-state index contributed by atoms with van der Waals surface area (Å²) in [5.41, 5.74) is 0. The van der Waals surface area contributed by atoms with Crippen LogP contribution in [-0.2, 0) is 14.6 Å². The molecule has 0 N–H and O–H groups in total. The lowest BCUT2D eigenvalue weighted by Crippen LogP contribution is -2.52. The fourth-order valence-electron chi connectivity index (χ4n) is 3.77. The molecular weight excluding hydrogens is 364 g/mol. The Labute approximate surface area is 153 Å². The Hall–Kier alpha value is 0.0800. The molecule has 3 aliphatic rings. The SMILES string of the molecule is O=C(CCCC[C@H]1CCSS1)N1CCN([C@H]2CCS(=O)(=O)C2)CC1. The number of piperazine rings is 1. The van der Waals surface area contributed by atoms with E-state index in [2.05, 4.69) is 4.90 Å². The van der Waals surface area contributed by atoms with Crippen molar-refractivity contribution < 1.29 is 13.2 Å². The van der Waals surface area contributed by atoms with Crippen LogP contribution in [0, 0.1) is 0 Å². The van der Waals surface area contributed by atoms with Crippen molar-refractivity contribution in [3.63, 3.8) is 0 Å². The summed E-state index contributed by atoms with van der Waals surface area (Å²) in [6, 6.07) is 0.175. The van der Waals surface area contributed by atoms with Crippen molar-refractivity contribution in [1.82, 2.24) is 9.80 Å². The lowest BCUT2D eigenvalue weighted by atomic mass is 10.1. The molecule has 3 aliphatic heterocycles. The number of amides is 1. The highest BCUT2D eigenvalue weighted by molar-refractivity contribution is 8.77. The van der Waals surface area contributed by atoms with Gasteiger partial charge in [0.2, 0.25) is 5.91 Å². The maximum absolute atomic E-state index is 12.3. The molecule has 5 nitrogen and oxygen atoms in total. The third kappa shape index (κ3) is 5.29. The molecule has 0 radical (unpaired) electrons. The third-order valence-electron chi connectivity index (χ3n) is 5.29. The lowest BCUT2D eigenvalue weighted by molar-refractivity contribution is -0.133. The van der Waals surface area contributed by atoms with Crippen LogP contribution in [0.1, 0.15) is 38.5 Å². The summed E-state index contributed by atoms with van der Waals surface area (Å²) in [7, 11) is 1.17. The van der Waals surface area contributed by atoms with Gasteiger partial charge in [-0.25, -0.2) is 8.42 Å². The molecule has 3 saturated heterocycles. The molecule has 0 saturated carbocycles. The molecule has 0 aromatic heterocycles. The summed E-state index contributed by atoms with van der Waals surface area (Å²) in [4.78, 5) is 16.6. The maximum atomic E-state index is 12.3. The molecule has 0 spiro atoms. The van der Waals surface area contributed by atoms with Gasteiger partial charge in [-0.15, -0.1) is 0 Å². The zero-order chi connectivity index (χ0) is 17.0. The first-order chi connectivity index (χ1) is 11.5. The number of hydrogen-bond acceptors (Lipinski definition) is 6. The van der Waals surface area contributed by atoms with Crippen molar-refractivity contribution in [1.29, 1.82) is 0 Å². The highest BCUT2D eigenvalue weighted by Crippen LogP contribution is 2.39. The van der Waals surface area contributed by atoms with Crippen molar-refractivity contribution in [3.8, 4) is 0 Å². The largest absolute Gasteiger partial charge is 0.340 e. The Bertz CT molecular complexity index is 527. The molecule has 0 bridgehead atoms. The fraction of sp³-hybridized carbons (Fsp3) is 0.938. The van der Waals surface area contributed by atoms with Crippen molar-refractivity contribution in [2.45, 2.75) is 49.8 Å². The van der Waals surface area contributed by atoms with E-state index >= 15 is 0 Å². The minimum absolute atomic E-state index is 0.175. The normalized spacial score (nSPS) is 30.8. The van der Waals surface area contributed by atoms with Crippen LogP contribution in [0.3, 0.4) is 0 Å². The summed E-state index contributed by atoms with van der Waals surface area (Å²) in [5, 5.41) is 0.802. The van der Waals surface area contributed by atoms with Gasteiger partial charge < -0.3 is 4.90 Å². The number of carbonyl (C=O) groups excluding carboxylic acids is 1. The van der Waals surface area contributed by atoms with Gasteiger partial charge in [0.25, 0.3) is 0 Å².